The Hall–Kier alpha value is -4.42. The van der Waals surface area contributed by atoms with Gasteiger partial charge in [0.2, 0.25) is 5.88 Å². The number of hydrogen-bond acceptors (Lipinski definition) is 7. The molecule has 0 bridgehead atoms. The van der Waals surface area contributed by atoms with E-state index >= 15 is 0 Å². The number of carbonyl (C=O) groups is 1. The van der Waals surface area contributed by atoms with Crippen LogP contribution >= 0.6 is 11.6 Å². The predicted octanol–water partition coefficient (Wildman–Crippen LogP) is 4.99. The molecule has 0 fully saturated rings. The van der Waals surface area contributed by atoms with Gasteiger partial charge in [0, 0.05) is 22.8 Å². The lowest BCUT2D eigenvalue weighted by atomic mass is 10.1. The third-order valence-electron chi connectivity index (χ3n) is 4.09. The fourth-order valence-corrected chi connectivity index (χ4v) is 2.78. The van der Waals surface area contributed by atoms with Gasteiger partial charge in [-0.25, -0.2) is 4.98 Å². The molecule has 0 aliphatic rings. The topological polar surface area (TPSA) is 127 Å². The van der Waals surface area contributed by atoms with E-state index in [1.165, 1.54) is 25.3 Å². The molecule has 1 amide bonds. The quantitative estimate of drug-likeness (QED) is 0.232. The van der Waals surface area contributed by atoms with E-state index in [0.29, 0.717) is 27.8 Å². The van der Waals surface area contributed by atoms with Crippen LogP contribution in [0.25, 0.3) is 6.08 Å². The molecule has 160 valence electrons. The lowest BCUT2D eigenvalue weighted by Gasteiger charge is -2.10. The Kier molecular flexibility index (Phi) is 7.00. The molecular formula is C22H15ClN4O5. The second-order valence-corrected chi connectivity index (χ2v) is 6.69. The number of nitrogens with zero attached hydrogens (tertiary/aromatic N) is 3. The van der Waals surface area contributed by atoms with Gasteiger partial charge in [0.1, 0.15) is 17.8 Å². The van der Waals surface area contributed by atoms with Gasteiger partial charge in [-0.1, -0.05) is 23.7 Å². The summed E-state index contributed by atoms with van der Waals surface area (Å²) >= 11 is 5.91. The highest BCUT2D eigenvalue weighted by molar-refractivity contribution is 6.31. The van der Waals surface area contributed by atoms with Gasteiger partial charge in [-0.05, 0) is 42.0 Å². The van der Waals surface area contributed by atoms with Crippen LogP contribution in [0.1, 0.15) is 5.56 Å². The third-order valence-corrected chi connectivity index (χ3v) is 4.33. The molecule has 0 atom stereocenters. The molecule has 1 heterocycles. The molecule has 0 saturated heterocycles. The summed E-state index contributed by atoms with van der Waals surface area (Å²) in [6, 6.07) is 15.8. The second kappa shape index (κ2) is 10.1. The van der Waals surface area contributed by atoms with E-state index in [9.17, 15) is 20.2 Å². The average molecular weight is 451 g/mol. The summed E-state index contributed by atoms with van der Waals surface area (Å²) in [5, 5.41) is 23.2. The molecular weight excluding hydrogens is 436 g/mol. The zero-order chi connectivity index (χ0) is 23.1. The molecule has 1 aromatic heterocycles. The van der Waals surface area contributed by atoms with E-state index in [2.05, 4.69) is 10.3 Å². The normalized spacial score (nSPS) is 10.7. The van der Waals surface area contributed by atoms with Crippen molar-refractivity contribution in [3.05, 3.63) is 87.1 Å². The van der Waals surface area contributed by atoms with Crippen LogP contribution in [-0.4, -0.2) is 22.9 Å². The highest BCUT2D eigenvalue weighted by atomic mass is 35.5. The molecule has 1 N–H and O–H groups in total. The van der Waals surface area contributed by atoms with Crippen molar-refractivity contribution in [2.45, 2.75) is 0 Å². The van der Waals surface area contributed by atoms with Crippen molar-refractivity contribution in [2.75, 3.05) is 12.4 Å². The molecule has 0 radical (unpaired) electrons. The van der Waals surface area contributed by atoms with Gasteiger partial charge in [-0.3, -0.25) is 14.9 Å². The Labute approximate surface area is 187 Å². The van der Waals surface area contributed by atoms with Gasteiger partial charge in [-0.15, -0.1) is 0 Å². The number of anilines is 1. The smallest absolute Gasteiger partial charge is 0.287 e. The molecule has 0 spiro atoms. The summed E-state index contributed by atoms with van der Waals surface area (Å²) in [7, 11) is 1.43. The largest absolute Gasteiger partial charge is 0.493 e. The van der Waals surface area contributed by atoms with Gasteiger partial charge in [-0.2, -0.15) is 5.26 Å². The summed E-state index contributed by atoms with van der Waals surface area (Å²) in [4.78, 5) is 26.5. The van der Waals surface area contributed by atoms with E-state index in [1.54, 1.807) is 42.5 Å². The number of nitrogens with one attached hydrogen (secondary N) is 1. The fourth-order valence-electron chi connectivity index (χ4n) is 2.59. The molecule has 0 aliphatic heterocycles. The summed E-state index contributed by atoms with van der Waals surface area (Å²) in [6.07, 6.45) is 2.48. The number of rotatable bonds is 7. The minimum atomic E-state index is -0.593. The van der Waals surface area contributed by atoms with Crippen LogP contribution in [0.5, 0.6) is 17.4 Å². The highest BCUT2D eigenvalue weighted by Crippen LogP contribution is 2.32. The molecule has 9 nitrogen and oxygen atoms in total. The van der Waals surface area contributed by atoms with E-state index < -0.39 is 10.8 Å². The van der Waals surface area contributed by atoms with Crippen molar-refractivity contribution in [2.24, 2.45) is 0 Å². The summed E-state index contributed by atoms with van der Waals surface area (Å²) in [5.74, 6) is 0.152. The number of benzene rings is 2. The molecule has 0 unspecified atom stereocenters. The van der Waals surface area contributed by atoms with Crippen molar-refractivity contribution in [1.82, 2.24) is 4.98 Å². The van der Waals surface area contributed by atoms with Crippen molar-refractivity contribution in [3.8, 4) is 23.4 Å². The van der Waals surface area contributed by atoms with Crippen LogP contribution in [-0.2, 0) is 4.79 Å². The lowest BCUT2D eigenvalue weighted by Crippen LogP contribution is -2.13. The van der Waals surface area contributed by atoms with Gasteiger partial charge < -0.3 is 14.8 Å². The highest BCUT2D eigenvalue weighted by Gasteiger charge is 2.13. The third kappa shape index (κ3) is 5.59. The zero-order valence-electron chi connectivity index (χ0n) is 16.6. The first kappa shape index (κ1) is 22.3. The van der Waals surface area contributed by atoms with E-state index in [0.717, 1.165) is 6.20 Å². The minimum absolute atomic E-state index is 0.127. The van der Waals surface area contributed by atoms with Crippen LogP contribution in [0.2, 0.25) is 5.02 Å². The van der Waals surface area contributed by atoms with E-state index in [1.807, 2.05) is 6.07 Å². The first-order chi connectivity index (χ1) is 15.4. The predicted molar refractivity (Wildman–Crippen MR) is 118 cm³/mol. The average Bonchev–Trinajstić information content (AvgIpc) is 2.78. The van der Waals surface area contributed by atoms with E-state index in [-0.39, 0.29) is 17.1 Å². The van der Waals surface area contributed by atoms with Crippen molar-refractivity contribution in [3.63, 3.8) is 0 Å². The fraction of sp³-hybridized carbons (Fsp3) is 0.0455. The standard InChI is InChI=1S/C22H15ClN4O5/c1-31-20-10-14(5-7-19(20)32-21-8-6-18(13-25-21)27(29)30)9-15(12-24)22(28)26-17-4-2-3-16(23)11-17/h2-11,13H,1H3,(H,26,28). The van der Waals surface area contributed by atoms with Gasteiger partial charge in [0.25, 0.3) is 11.6 Å². The molecule has 2 aromatic carbocycles. The molecule has 0 aliphatic carbocycles. The van der Waals surface area contributed by atoms with Gasteiger partial charge >= 0.3 is 0 Å². The van der Waals surface area contributed by atoms with Crippen molar-refractivity contribution >= 4 is 35.0 Å². The number of aromatic nitrogens is 1. The number of ether oxygens (including phenoxy) is 2. The number of nitro groups is 1. The number of hydrogen-bond donors (Lipinski definition) is 1. The Morgan fingerprint density at radius 3 is 2.66 bits per heavy atom. The first-order valence-corrected chi connectivity index (χ1v) is 9.42. The second-order valence-electron chi connectivity index (χ2n) is 6.26. The maximum absolute atomic E-state index is 12.4. The summed E-state index contributed by atoms with van der Waals surface area (Å²) in [6.45, 7) is 0. The van der Waals surface area contributed by atoms with Gasteiger partial charge in [0.15, 0.2) is 11.5 Å². The van der Waals surface area contributed by atoms with Crippen LogP contribution in [0, 0.1) is 21.4 Å². The summed E-state index contributed by atoms with van der Waals surface area (Å²) in [5.41, 5.74) is 0.687. The Morgan fingerprint density at radius 2 is 2.03 bits per heavy atom. The minimum Gasteiger partial charge on any atom is -0.493 e. The van der Waals surface area contributed by atoms with Crippen molar-refractivity contribution in [1.29, 1.82) is 5.26 Å². The van der Waals surface area contributed by atoms with Crippen molar-refractivity contribution < 1.29 is 19.2 Å². The molecule has 10 heteroatoms. The number of amides is 1. The van der Waals surface area contributed by atoms with Gasteiger partial charge in [0.05, 0.1) is 12.0 Å². The number of methoxy groups -OCH3 is 1. The zero-order valence-corrected chi connectivity index (χ0v) is 17.4. The van der Waals surface area contributed by atoms with Crippen LogP contribution in [0.3, 0.4) is 0 Å². The SMILES string of the molecule is COc1cc(C=C(C#N)C(=O)Nc2cccc(Cl)c2)ccc1Oc1ccc([N+](=O)[O-])cn1. The Morgan fingerprint density at radius 1 is 1.22 bits per heavy atom. The Bertz CT molecular complexity index is 1240. The number of nitriles is 1. The van der Waals surface area contributed by atoms with Crippen LogP contribution in [0.4, 0.5) is 11.4 Å². The van der Waals surface area contributed by atoms with Crippen LogP contribution in [0.15, 0.2) is 66.4 Å². The number of carbonyl (C=O) groups excluding carboxylic acids is 1. The maximum atomic E-state index is 12.4. The summed E-state index contributed by atoms with van der Waals surface area (Å²) < 4.78 is 10.9. The first-order valence-electron chi connectivity index (χ1n) is 9.04. The lowest BCUT2D eigenvalue weighted by molar-refractivity contribution is -0.385. The molecule has 0 saturated carbocycles. The van der Waals surface area contributed by atoms with E-state index in [4.69, 9.17) is 21.1 Å². The number of pyridine rings is 1. The number of halogens is 1. The monoisotopic (exact) mass is 450 g/mol. The molecule has 3 rings (SSSR count). The van der Waals surface area contributed by atoms with Crippen LogP contribution < -0.4 is 14.8 Å². The molecule has 32 heavy (non-hydrogen) atoms. The molecule has 3 aromatic rings. The maximum Gasteiger partial charge on any atom is 0.287 e. The Balaban J connectivity index is 1.80.